The predicted octanol–water partition coefficient (Wildman–Crippen LogP) is 2.57. The molecular formula is C15H17N5. The number of nitrogen functional groups attached to an aromatic ring is 1. The van der Waals surface area contributed by atoms with E-state index in [2.05, 4.69) is 16.0 Å². The van der Waals surface area contributed by atoms with E-state index in [1.807, 2.05) is 37.9 Å². The van der Waals surface area contributed by atoms with Crippen LogP contribution in [0.4, 0.5) is 17.3 Å². The molecule has 0 saturated carbocycles. The number of nitrogens with zero attached hydrogens (tertiary/aromatic N) is 4. The maximum atomic E-state index is 8.83. The molecule has 0 radical (unpaired) electrons. The van der Waals surface area contributed by atoms with Crippen LogP contribution in [0.25, 0.3) is 0 Å². The van der Waals surface area contributed by atoms with Gasteiger partial charge in [-0.1, -0.05) is 6.92 Å². The molecule has 0 aliphatic heterocycles. The highest BCUT2D eigenvalue weighted by molar-refractivity contribution is 5.66. The first-order valence-corrected chi connectivity index (χ1v) is 6.43. The molecule has 0 bridgehead atoms. The van der Waals surface area contributed by atoms with Gasteiger partial charge in [-0.15, -0.1) is 0 Å². The lowest BCUT2D eigenvalue weighted by Crippen LogP contribution is -2.16. The van der Waals surface area contributed by atoms with Crippen LogP contribution >= 0.6 is 0 Å². The molecule has 2 rings (SSSR count). The van der Waals surface area contributed by atoms with Crippen molar-refractivity contribution in [1.29, 1.82) is 5.26 Å². The van der Waals surface area contributed by atoms with E-state index in [4.69, 9.17) is 11.0 Å². The fraction of sp³-hybridized carbons (Fsp3) is 0.267. The van der Waals surface area contributed by atoms with E-state index in [-0.39, 0.29) is 0 Å². The Labute approximate surface area is 118 Å². The molecule has 20 heavy (non-hydrogen) atoms. The molecule has 2 aromatic rings. The third kappa shape index (κ3) is 2.54. The van der Waals surface area contributed by atoms with Crippen LogP contribution in [-0.2, 0) is 6.42 Å². The largest absolute Gasteiger partial charge is 0.383 e. The maximum Gasteiger partial charge on any atom is 0.141 e. The number of benzene rings is 1. The van der Waals surface area contributed by atoms with Crippen molar-refractivity contribution >= 4 is 17.3 Å². The molecule has 5 nitrogen and oxygen atoms in total. The topological polar surface area (TPSA) is 78.8 Å². The summed E-state index contributed by atoms with van der Waals surface area (Å²) < 4.78 is 0. The molecule has 102 valence electrons. The number of aryl methyl sites for hydroxylation is 1. The standard InChI is InChI=1S/C15H17N5/c1-4-13-18-14(17)10(2)15(19-13)20(3)12-7-5-11(9-16)6-8-12/h5-8H,4H2,1-3H3,(H2,17,18,19). The summed E-state index contributed by atoms with van der Waals surface area (Å²) in [6.45, 7) is 3.90. The molecule has 5 heteroatoms. The summed E-state index contributed by atoms with van der Waals surface area (Å²) in [5, 5.41) is 8.83. The van der Waals surface area contributed by atoms with E-state index in [0.29, 0.717) is 11.4 Å². The molecule has 1 aromatic carbocycles. The SMILES string of the molecule is CCc1nc(N)c(C)c(N(C)c2ccc(C#N)cc2)n1. The van der Waals surface area contributed by atoms with Gasteiger partial charge in [-0.3, -0.25) is 0 Å². The van der Waals surface area contributed by atoms with Gasteiger partial charge in [0.2, 0.25) is 0 Å². The zero-order valence-electron chi connectivity index (χ0n) is 11.9. The number of hydrogen-bond acceptors (Lipinski definition) is 5. The highest BCUT2D eigenvalue weighted by Gasteiger charge is 2.13. The van der Waals surface area contributed by atoms with Gasteiger partial charge < -0.3 is 10.6 Å². The second kappa shape index (κ2) is 5.57. The van der Waals surface area contributed by atoms with Crippen molar-refractivity contribution in [3.63, 3.8) is 0 Å². The lowest BCUT2D eigenvalue weighted by molar-refractivity contribution is 0.921. The monoisotopic (exact) mass is 267 g/mol. The minimum Gasteiger partial charge on any atom is -0.383 e. The first-order valence-electron chi connectivity index (χ1n) is 6.43. The quantitative estimate of drug-likeness (QED) is 0.924. The van der Waals surface area contributed by atoms with E-state index in [1.165, 1.54) is 0 Å². The molecule has 1 aromatic heterocycles. The van der Waals surface area contributed by atoms with Crippen molar-refractivity contribution in [2.75, 3.05) is 17.7 Å². The van der Waals surface area contributed by atoms with Gasteiger partial charge in [0.05, 0.1) is 11.6 Å². The van der Waals surface area contributed by atoms with Gasteiger partial charge in [0, 0.05) is 24.7 Å². The zero-order chi connectivity index (χ0) is 14.7. The third-order valence-corrected chi connectivity index (χ3v) is 3.22. The van der Waals surface area contributed by atoms with Crippen LogP contribution in [0.1, 0.15) is 23.9 Å². The first kappa shape index (κ1) is 13.8. The summed E-state index contributed by atoms with van der Waals surface area (Å²) in [6.07, 6.45) is 0.735. The van der Waals surface area contributed by atoms with Crippen molar-refractivity contribution in [1.82, 2.24) is 9.97 Å². The third-order valence-electron chi connectivity index (χ3n) is 3.22. The summed E-state index contributed by atoms with van der Waals surface area (Å²) in [7, 11) is 1.93. The van der Waals surface area contributed by atoms with Gasteiger partial charge in [-0.25, -0.2) is 9.97 Å². The Morgan fingerprint density at radius 2 is 1.90 bits per heavy atom. The van der Waals surface area contributed by atoms with Gasteiger partial charge in [0.25, 0.3) is 0 Å². The summed E-state index contributed by atoms with van der Waals surface area (Å²) in [6, 6.07) is 9.46. The Balaban J connectivity index is 2.44. The highest BCUT2D eigenvalue weighted by atomic mass is 15.2. The molecule has 0 atom stereocenters. The molecule has 0 amide bonds. The van der Waals surface area contributed by atoms with Crippen molar-refractivity contribution in [2.45, 2.75) is 20.3 Å². The van der Waals surface area contributed by atoms with E-state index < -0.39 is 0 Å². The fourth-order valence-corrected chi connectivity index (χ4v) is 1.94. The normalized spacial score (nSPS) is 10.1. The van der Waals surface area contributed by atoms with E-state index in [9.17, 15) is 0 Å². The molecule has 0 spiro atoms. The summed E-state index contributed by atoms with van der Waals surface area (Å²) in [5.74, 6) is 2.02. The highest BCUT2D eigenvalue weighted by Crippen LogP contribution is 2.27. The molecule has 0 saturated heterocycles. The van der Waals surface area contributed by atoms with Gasteiger partial charge >= 0.3 is 0 Å². The smallest absolute Gasteiger partial charge is 0.141 e. The molecule has 0 fully saturated rings. The van der Waals surface area contributed by atoms with Gasteiger partial charge in [-0.05, 0) is 31.2 Å². The molecule has 0 unspecified atom stereocenters. The number of anilines is 3. The molecule has 2 N–H and O–H groups in total. The second-order valence-electron chi connectivity index (χ2n) is 4.54. The number of nitrogens with two attached hydrogens (primary N) is 1. The van der Waals surface area contributed by atoms with Crippen LogP contribution in [0.2, 0.25) is 0 Å². The molecule has 0 aliphatic rings. The van der Waals surface area contributed by atoms with E-state index in [1.54, 1.807) is 12.1 Å². The lowest BCUT2D eigenvalue weighted by Gasteiger charge is -2.21. The van der Waals surface area contributed by atoms with E-state index in [0.717, 1.165) is 29.3 Å². The maximum absolute atomic E-state index is 8.83. The summed E-state index contributed by atoms with van der Waals surface area (Å²) in [4.78, 5) is 10.7. The summed E-state index contributed by atoms with van der Waals surface area (Å²) in [5.41, 5.74) is 8.38. The zero-order valence-corrected chi connectivity index (χ0v) is 11.9. The van der Waals surface area contributed by atoms with Crippen molar-refractivity contribution in [3.8, 4) is 6.07 Å². The van der Waals surface area contributed by atoms with Crippen LogP contribution in [0.3, 0.4) is 0 Å². The average molecular weight is 267 g/mol. The minimum absolute atomic E-state index is 0.507. The fourth-order valence-electron chi connectivity index (χ4n) is 1.94. The van der Waals surface area contributed by atoms with Crippen LogP contribution < -0.4 is 10.6 Å². The lowest BCUT2D eigenvalue weighted by atomic mass is 10.2. The van der Waals surface area contributed by atoms with Gasteiger partial charge in [0.15, 0.2) is 0 Å². The Morgan fingerprint density at radius 3 is 2.45 bits per heavy atom. The number of hydrogen-bond donors (Lipinski definition) is 1. The Morgan fingerprint density at radius 1 is 1.25 bits per heavy atom. The van der Waals surface area contributed by atoms with Gasteiger partial charge in [-0.2, -0.15) is 5.26 Å². The number of nitriles is 1. The molecular weight excluding hydrogens is 250 g/mol. The first-order chi connectivity index (χ1) is 9.56. The van der Waals surface area contributed by atoms with Crippen LogP contribution in [-0.4, -0.2) is 17.0 Å². The van der Waals surface area contributed by atoms with Crippen LogP contribution in [0.15, 0.2) is 24.3 Å². The Bertz CT molecular complexity index is 655. The van der Waals surface area contributed by atoms with Crippen LogP contribution in [0, 0.1) is 18.3 Å². The number of aromatic nitrogens is 2. The predicted molar refractivity (Wildman–Crippen MR) is 79.8 cm³/mol. The van der Waals surface area contributed by atoms with Crippen molar-refractivity contribution < 1.29 is 0 Å². The van der Waals surface area contributed by atoms with E-state index >= 15 is 0 Å². The second-order valence-corrected chi connectivity index (χ2v) is 4.54. The average Bonchev–Trinajstić information content (AvgIpc) is 2.49. The molecule has 0 aliphatic carbocycles. The molecule has 1 heterocycles. The van der Waals surface area contributed by atoms with Crippen molar-refractivity contribution in [3.05, 3.63) is 41.2 Å². The van der Waals surface area contributed by atoms with Crippen molar-refractivity contribution in [2.24, 2.45) is 0 Å². The Hall–Kier alpha value is -2.61. The summed E-state index contributed by atoms with van der Waals surface area (Å²) >= 11 is 0. The van der Waals surface area contributed by atoms with Gasteiger partial charge in [0.1, 0.15) is 17.5 Å². The minimum atomic E-state index is 0.507. The van der Waals surface area contributed by atoms with Crippen LogP contribution in [0.5, 0.6) is 0 Å². The Kier molecular flexibility index (Phi) is 3.85. The number of rotatable bonds is 3.